The normalized spacial score (nSPS) is 12.0. The number of ether oxygens (including phenoxy) is 2. The van der Waals surface area contributed by atoms with Crippen LogP contribution in [-0.2, 0) is 11.2 Å². The summed E-state index contributed by atoms with van der Waals surface area (Å²) in [5.41, 5.74) is 2.51. The van der Waals surface area contributed by atoms with Gasteiger partial charge >= 0.3 is 0 Å². The van der Waals surface area contributed by atoms with E-state index in [0.29, 0.717) is 23.4 Å². The minimum Gasteiger partial charge on any atom is -0.454 e. The second-order valence-corrected chi connectivity index (χ2v) is 6.56. The number of nitriles is 1. The number of rotatable bonds is 4. The molecule has 1 N–H and O–H groups in total. The molecule has 118 valence electrons. The van der Waals surface area contributed by atoms with Crippen molar-refractivity contribution in [1.82, 2.24) is 0 Å². The fourth-order valence-corrected chi connectivity index (χ4v) is 3.42. The number of aryl methyl sites for hydroxylation is 2. The first-order valence-corrected chi connectivity index (χ1v) is 8.08. The van der Waals surface area contributed by atoms with E-state index in [0.717, 1.165) is 27.5 Å². The molecule has 1 aliphatic rings. The molecule has 1 aromatic carbocycles. The third-order valence-electron chi connectivity index (χ3n) is 3.83. The Labute approximate surface area is 138 Å². The molecule has 1 amide bonds. The molecule has 2 heterocycles. The third-order valence-corrected chi connectivity index (χ3v) is 4.95. The summed E-state index contributed by atoms with van der Waals surface area (Å²) in [7, 11) is 0. The Morgan fingerprint density at radius 1 is 1.35 bits per heavy atom. The first-order valence-electron chi connectivity index (χ1n) is 7.27. The predicted octanol–water partition coefficient (Wildman–Crippen LogP) is 3.54. The number of benzene rings is 1. The smallest absolute Gasteiger partial charge is 0.231 e. The summed E-state index contributed by atoms with van der Waals surface area (Å²) in [6.45, 7) is 4.09. The zero-order chi connectivity index (χ0) is 16.4. The van der Waals surface area contributed by atoms with Gasteiger partial charge < -0.3 is 14.8 Å². The monoisotopic (exact) mass is 328 g/mol. The van der Waals surface area contributed by atoms with E-state index >= 15 is 0 Å². The van der Waals surface area contributed by atoms with Crippen molar-refractivity contribution in [1.29, 1.82) is 5.26 Å². The van der Waals surface area contributed by atoms with Crippen LogP contribution in [0.3, 0.4) is 0 Å². The van der Waals surface area contributed by atoms with Crippen LogP contribution in [0.15, 0.2) is 18.2 Å². The molecule has 0 radical (unpaired) electrons. The average Bonchev–Trinajstić information content (AvgIpc) is 3.10. The van der Waals surface area contributed by atoms with Gasteiger partial charge in [-0.15, -0.1) is 11.3 Å². The van der Waals surface area contributed by atoms with Crippen LogP contribution in [0.2, 0.25) is 0 Å². The van der Waals surface area contributed by atoms with Crippen molar-refractivity contribution in [3.63, 3.8) is 0 Å². The second kappa shape index (κ2) is 6.31. The number of thiophene rings is 1. The lowest BCUT2D eigenvalue weighted by atomic mass is 10.1. The summed E-state index contributed by atoms with van der Waals surface area (Å²) >= 11 is 1.44. The van der Waals surface area contributed by atoms with E-state index in [1.807, 2.05) is 32.0 Å². The highest BCUT2D eigenvalue weighted by Gasteiger charge is 2.16. The molecule has 0 saturated carbocycles. The molecule has 5 nitrogen and oxygen atoms in total. The average molecular weight is 328 g/mol. The number of carbonyl (C=O) groups is 1. The van der Waals surface area contributed by atoms with E-state index in [1.165, 1.54) is 11.3 Å². The molecule has 0 bridgehead atoms. The van der Waals surface area contributed by atoms with Crippen LogP contribution in [0.4, 0.5) is 5.00 Å². The van der Waals surface area contributed by atoms with E-state index < -0.39 is 0 Å². The Balaban J connectivity index is 1.62. The van der Waals surface area contributed by atoms with Crippen LogP contribution in [0.25, 0.3) is 0 Å². The molecule has 1 aliphatic heterocycles. The van der Waals surface area contributed by atoms with Gasteiger partial charge in [0.2, 0.25) is 12.7 Å². The predicted molar refractivity (Wildman–Crippen MR) is 88.0 cm³/mol. The molecule has 0 fully saturated rings. The Bertz CT molecular complexity index is 805. The maximum Gasteiger partial charge on any atom is 0.231 e. The summed E-state index contributed by atoms with van der Waals surface area (Å²) < 4.78 is 10.6. The van der Waals surface area contributed by atoms with Gasteiger partial charge in [-0.2, -0.15) is 5.26 Å². The number of nitrogens with one attached hydrogen (secondary N) is 1. The van der Waals surface area contributed by atoms with Gasteiger partial charge in [-0.1, -0.05) is 6.07 Å². The molecule has 0 aliphatic carbocycles. The van der Waals surface area contributed by atoms with Crippen molar-refractivity contribution >= 4 is 22.2 Å². The SMILES string of the molecule is Cc1sc(NC(=O)CCc2ccc3c(c2)OCO3)c(C#N)c1C. The van der Waals surface area contributed by atoms with E-state index in [9.17, 15) is 10.1 Å². The Morgan fingerprint density at radius 3 is 2.91 bits per heavy atom. The number of carbonyl (C=O) groups excluding carboxylic acids is 1. The zero-order valence-corrected chi connectivity index (χ0v) is 13.8. The van der Waals surface area contributed by atoms with Gasteiger partial charge in [0.15, 0.2) is 11.5 Å². The number of amides is 1. The molecule has 1 aromatic heterocycles. The first-order chi connectivity index (χ1) is 11.1. The molecule has 0 spiro atoms. The van der Waals surface area contributed by atoms with Crippen molar-refractivity contribution in [2.24, 2.45) is 0 Å². The molecule has 3 rings (SSSR count). The quantitative estimate of drug-likeness (QED) is 0.932. The Kier molecular flexibility index (Phi) is 4.22. The lowest BCUT2D eigenvalue weighted by Crippen LogP contribution is -2.12. The van der Waals surface area contributed by atoms with Crippen LogP contribution < -0.4 is 14.8 Å². The van der Waals surface area contributed by atoms with E-state index in [1.54, 1.807) is 0 Å². The molecule has 2 aromatic rings. The number of hydrogen-bond donors (Lipinski definition) is 1. The topological polar surface area (TPSA) is 71.3 Å². The van der Waals surface area contributed by atoms with Gasteiger partial charge in [0, 0.05) is 11.3 Å². The fourth-order valence-electron chi connectivity index (χ4n) is 2.39. The molecule has 0 unspecified atom stereocenters. The van der Waals surface area contributed by atoms with Crippen LogP contribution in [0, 0.1) is 25.2 Å². The largest absolute Gasteiger partial charge is 0.454 e. The molecule has 0 atom stereocenters. The van der Waals surface area contributed by atoms with Crippen LogP contribution in [-0.4, -0.2) is 12.7 Å². The van der Waals surface area contributed by atoms with Crippen molar-refractivity contribution in [2.45, 2.75) is 26.7 Å². The fraction of sp³-hybridized carbons (Fsp3) is 0.294. The maximum absolute atomic E-state index is 12.1. The molecule has 0 saturated heterocycles. The van der Waals surface area contributed by atoms with Gasteiger partial charge in [0.1, 0.15) is 11.1 Å². The Morgan fingerprint density at radius 2 is 2.13 bits per heavy atom. The van der Waals surface area contributed by atoms with Crippen molar-refractivity contribution in [3.8, 4) is 17.6 Å². The summed E-state index contributed by atoms with van der Waals surface area (Å²) in [5.74, 6) is 1.36. The zero-order valence-electron chi connectivity index (χ0n) is 12.9. The highest BCUT2D eigenvalue weighted by Crippen LogP contribution is 2.33. The summed E-state index contributed by atoms with van der Waals surface area (Å²) in [5, 5.41) is 12.7. The van der Waals surface area contributed by atoms with E-state index in [-0.39, 0.29) is 12.7 Å². The summed E-state index contributed by atoms with van der Waals surface area (Å²) in [6, 6.07) is 7.84. The third kappa shape index (κ3) is 3.15. The first kappa shape index (κ1) is 15.4. The van der Waals surface area contributed by atoms with Crippen molar-refractivity contribution < 1.29 is 14.3 Å². The number of anilines is 1. The van der Waals surface area contributed by atoms with Crippen LogP contribution >= 0.6 is 11.3 Å². The summed E-state index contributed by atoms with van der Waals surface area (Å²) in [4.78, 5) is 13.2. The van der Waals surface area contributed by atoms with Crippen LogP contribution in [0.5, 0.6) is 11.5 Å². The molecule has 6 heteroatoms. The standard InChI is InChI=1S/C17H16N2O3S/c1-10-11(2)23-17(13(10)8-18)19-16(20)6-4-12-3-5-14-15(7-12)22-9-21-14/h3,5,7H,4,6,9H2,1-2H3,(H,19,20). The van der Waals surface area contributed by atoms with Crippen molar-refractivity contribution in [2.75, 3.05) is 12.1 Å². The van der Waals surface area contributed by atoms with E-state index in [4.69, 9.17) is 9.47 Å². The van der Waals surface area contributed by atoms with Gasteiger partial charge in [0.05, 0.1) is 5.56 Å². The highest BCUT2D eigenvalue weighted by molar-refractivity contribution is 7.16. The van der Waals surface area contributed by atoms with Gasteiger partial charge in [0.25, 0.3) is 0 Å². The number of hydrogen-bond acceptors (Lipinski definition) is 5. The van der Waals surface area contributed by atoms with E-state index in [2.05, 4.69) is 11.4 Å². The van der Waals surface area contributed by atoms with Crippen LogP contribution in [0.1, 0.15) is 28.0 Å². The summed E-state index contributed by atoms with van der Waals surface area (Å²) in [6.07, 6.45) is 0.953. The van der Waals surface area contributed by atoms with Gasteiger partial charge in [-0.25, -0.2) is 0 Å². The lowest BCUT2D eigenvalue weighted by molar-refractivity contribution is -0.116. The molecular weight excluding hydrogens is 312 g/mol. The second-order valence-electron chi connectivity index (χ2n) is 5.33. The molecule has 23 heavy (non-hydrogen) atoms. The maximum atomic E-state index is 12.1. The lowest BCUT2D eigenvalue weighted by Gasteiger charge is -2.05. The molecular formula is C17H16N2O3S. The Hall–Kier alpha value is -2.52. The van der Waals surface area contributed by atoms with Crippen molar-refractivity contribution in [3.05, 3.63) is 39.8 Å². The number of nitrogens with zero attached hydrogens (tertiary/aromatic N) is 1. The van der Waals surface area contributed by atoms with Gasteiger partial charge in [-0.3, -0.25) is 4.79 Å². The van der Waals surface area contributed by atoms with Gasteiger partial charge in [-0.05, 0) is 43.5 Å². The highest BCUT2D eigenvalue weighted by atomic mass is 32.1. The minimum absolute atomic E-state index is 0.0968. The minimum atomic E-state index is -0.0968. The number of fused-ring (bicyclic) bond motifs is 1.